The number of aryl methyl sites for hydroxylation is 2. The Morgan fingerprint density at radius 2 is 2.00 bits per heavy atom. The average Bonchev–Trinajstić information content (AvgIpc) is 2.88. The molecule has 2 heterocycles. The third kappa shape index (κ3) is 3.11. The van der Waals surface area contributed by atoms with Gasteiger partial charge in [-0.05, 0) is 32.1 Å². The number of imidazole rings is 1. The van der Waals surface area contributed by atoms with Crippen molar-refractivity contribution in [2.75, 3.05) is 0 Å². The number of nitrogens with zero attached hydrogens (tertiary/aromatic N) is 3. The average molecular weight is 303 g/mol. The van der Waals surface area contributed by atoms with Crippen molar-refractivity contribution in [3.05, 3.63) is 34.3 Å². The quantitative estimate of drug-likeness (QED) is 0.857. The summed E-state index contributed by atoms with van der Waals surface area (Å²) >= 11 is 0. The summed E-state index contributed by atoms with van der Waals surface area (Å²) in [6.07, 6.45) is 12.3. The number of rotatable bonds is 4. The molecule has 0 atom stereocenters. The van der Waals surface area contributed by atoms with Crippen LogP contribution in [0.15, 0.2) is 17.2 Å². The highest BCUT2D eigenvalue weighted by molar-refractivity contribution is 5.44. The zero-order chi connectivity index (χ0) is 14.8. The van der Waals surface area contributed by atoms with Crippen LogP contribution in [0.2, 0.25) is 0 Å². The fraction of sp³-hybridized carbons (Fsp3) is 0.667. The summed E-state index contributed by atoms with van der Waals surface area (Å²) < 4.78 is 3.95. The van der Waals surface area contributed by atoms with Crippen molar-refractivity contribution in [1.82, 2.24) is 14.0 Å². The van der Waals surface area contributed by atoms with E-state index in [1.54, 1.807) is 6.20 Å². The zero-order valence-electron chi connectivity index (χ0n) is 13.1. The number of hydrogen-bond acceptors (Lipinski definition) is 2. The van der Waals surface area contributed by atoms with Gasteiger partial charge in [0.05, 0.1) is 6.20 Å². The SMILES string of the molecule is C.CCCc1ncc2c(=O)n(CC3CCCCC3)c(C)cn12. The topological polar surface area (TPSA) is 39.3 Å². The minimum Gasteiger partial charge on any atom is -0.309 e. The van der Waals surface area contributed by atoms with Crippen molar-refractivity contribution in [1.29, 1.82) is 0 Å². The van der Waals surface area contributed by atoms with Gasteiger partial charge in [-0.3, -0.25) is 9.20 Å². The van der Waals surface area contributed by atoms with Gasteiger partial charge in [-0.25, -0.2) is 4.98 Å². The Bertz CT molecular complexity index is 677. The highest BCUT2D eigenvalue weighted by Gasteiger charge is 2.17. The summed E-state index contributed by atoms with van der Waals surface area (Å²) in [5.74, 6) is 1.66. The largest absolute Gasteiger partial charge is 0.309 e. The van der Waals surface area contributed by atoms with Crippen molar-refractivity contribution in [2.45, 2.75) is 72.8 Å². The summed E-state index contributed by atoms with van der Waals surface area (Å²) in [5, 5.41) is 0. The smallest absolute Gasteiger partial charge is 0.276 e. The van der Waals surface area contributed by atoms with E-state index >= 15 is 0 Å². The second-order valence-electron chi connectivity index (χ2n) is 6.37. The lowest BCUT2D eigenvalue weighted by atomic mass is 9.89. The first-order valence-corrected chi connectivity index (χ1v) is 8.27. The van der Waals surface area contributed by atoms with Crippen LogP contribution in [0, 0.1) is 12.8 Å². The molecule has 1 aliphatic rings. The van der Waals surface area contributed by atoms with E-state index in [1.165, 1.54) is 32.1 Å². The lowest BCUT2D eigenvalue weighted by molar-refractivity contribution is 0.314. The lowest BCUT2D eigenvalue weighted by Gasteiger charge is -2.23. The minimum absolute atomic E-state index is 0. The van der Waals surface area contributed by atoms with Crippen LogP contribution >= 0.6 is 0 Å². The Balaban J connectivity index is 0.00000176. The van der Waals surface area contributed by atoms with Crippen LogP contribution in [0.25, 0.3) is 5.52 Å². The molecule has 0 radical (unpaired) electrons. The van der Waals surface area contributed by atoms with Gasteiger partial charge < -0.3 is 4.57 Å². The van der Waals surface area contributed by atoms with Crippen LogP contribution in [-0.2, 0) is 13.0 Å². The number of hydrogen-bond donors (Lipinski definition) is 0. The maximum atomic E-state index is 12.7. The van der Waals surface area contributed by atoms with Crippen LogP contribution in [0.5, 0.6) is 0 Å². The van der Waals surface area contributed by atoms with E-state index in [4.69, 9.17) is 0 Å². The molecule has 0 N–H and O–H groups in total. The Hall–Kier alpha value is -1.58. The Morgan fingerprint density at radius 3 is 2.68 bits per heavy atom. The Kier molecular flexibility index (Phi) is 5.43. The van der Waals surface area contributed by atoms with E-state index in [9.17, 15) is 4.79 Å². The Labute approximate surface area is 133 Å². The molecule has 0 aromatic carbocycles. The van der Waals surface area contributed by atoms with Gasteiger partial charge in [-0.2, -0.15) is 0 Å². The second kappa shape index (κ2) is 7.12. The summed E-state index contributed by atoms with van der Waals surface area (Å²) in [6, 6.07) is 0. The van der Waals surface area contributed by atoms with Gasteiger partial charge in [0.2, 0.25) is 0 Å². The van der Waals surface area contributed by atoms with Gasteiger partial charge in [-0.1, -0.05) is 33.6 Å². The van der Waals surface area contributed by atoms with Crippen LogP contribution in [0.3, 0.4) is 0 Å². The highest BCUT2D eigenvalue weighted by Crippen LogP contribution is 2.25. The molecule has 0 unspecified atom stereocenters. The standard InChI is InChI=1S/C17H25N3O.CH4/c1-3-7-16-18-10-15-17(21)19(13(2)11-20(15)16)12-14-8-5-4-6-9-14;/h10-11,14H,3-9,12H2,1-2H3;1H4. The minimum atomic E-state index is 0. The molecule has 0 saturated heterocycles. The van der Waals surface area contributed by atoms with Gasteiger partial charge in [0.25, 0.3) is 5.56 Å². The predicted octanol–water partition coefficient (Wildman–Crippen LogP) is 3.97. The summed E-state index contributed by atoms with van der Waals surface area (Å²) in [7, 11) is 0. The molecule has 3 rings (SSSR count). The van der Waals surface area contributed by atoms with E-state index in [-0.39, 0.29) is 13.0 Å². The molecule has 0 bridgehead atoms. The maximum Gasteiger partial charge on any atom is 0.276 e. The van der Waals surface area contributed by atoms with E-state index in [0.717, 1.165) is 36.4 Å². The van der Waals surface area contributed by atoms with Crippen LogP contribution in [0.4, 0.5) is 0 Å². The van der Waals surface area contributed by atoms with Crippen molar-refractivity contribution in [3.63, 3.8) is 0 Å². The molecule has 1 saturated carbocycles. The van der Waals surface area contributed by atoms with Gasteiger partial charge in [-0.15, -0.1) is 0 Å². The third-order valence-corrected chi connectivity index (χ3v) is 4.72. The van der Waals surface area contributed by atoms with E-state index in [0.29, 0.717) is 5.92 Å². The lowest BCUT2D eigenvalue weighted by Crippen LogP contribution is -2.28. The van der Waals surface area contributed by atoms with Gasteiger partial charge in [0.1, 0.15) is 11.3 Å². The van der Waals surface area contributed by atoms with E-state index in [2.05, 4.69) is 18.1 Å². The van der Waals surface area contributed by atoms with Gasteiger partial charge in [0, 0.05) is 24.9 Å². The molecule has 0 amide bonds. The third-order valence-electron chi connectivity index (χ3n) is 4.72. The Morgan fingerprint density at radius 1 is 1.27 bits per heavy atom. The van der Waals surface area contributed by atoms with E-state index in [1.807, 2.05) is 15.9 Å². The maximum absolute atomic E-state index is 12.7. The molecule has 1 fully saturated rings. The van der Waals surface area contributed by atoms with Crippen molar-refractivity contribution in [3.8, 4) is 0 Å². The molecule has 0 aliphatic heterocycles. The first-order valence-electron chi connectivity index (χ1n) is 8.27. The molecule has 0 spiro atoms. The van der Waals surface area contributed by atoms with Crippen molar-refractivity contribution >= 4 is 5.52 Å². The molecule has 2 aromatic rings. The summed E-state index contributed by atoms with van der Waals surface area (Å²) in [5.41, 5.74) is 1.89. The number of aromatic nitrogens is 3. The van der Waals surface area contributed by atoms with Crippen molar-refractivity contribution < 1.29 is 0 Å². The fourth-order valence-corrected chi connectivity index (χ4v) is 3.52. The van der Waals surface area contributed by atoms with E-state index < -0.39 is 0 Å². The monoisotopic (exact) mass is 303 g/mol. The molecular formula is C18H29N3O. The van der Waals surface area contributed by atoms with Crippen LogP contribution in [0.1, 0.15) is 64.4 Å². The summed E-state index contributed by atoms with van der Waals surface area (Å²) in [6.45, 7) is 5.05. The molecular weight excluding hydrogens is 274 g/mol. The second-order valence-corrected chi connectivity index (χ2v) is 6.37. The van der Waals surface area contributed by atoms with Crippen molar-refractivity contribution in [2.24, 2.45) is 5.92 Å². The normalized spacial score (nSPS) is 15.9. The predicted molar refractivity (Wildman–Crippen MR) is 91.5 cm³/mol. The van der Waals surface area contributed by atoms with Gasteiger partial charge >= 0.3 is 0 Å². The highest BCUT2D eigenvalue weighted by atomic mass is 16.1. The first-order chi connectivity index (χ1) is 10.2. The van der Waals surface area contributed by atoms with Gasteiger partial charge in [0.15, 0.2) is 0 Å². The molecule has 1 aliphatic carbocycles. The van der Waals surface area contributed by atoms with Crippen LogP contribution in [-0.4, -0.2) is 14.0 Å². The molecule has 22 heavy (non-hydrogen) atoms. The fourth-order valence-electron chi connectivity index (χ4n) is 3.52. The molecule has 4 heteroatoms. The number of fused-ring (bicyclic) bond motifs is 1. The molecule has 122 valence electrons. The zero-order valence-corrected chi connectivity index (χ0v) is 13.1. The summed E-state index contributed by atoms with van der Waals surface area (Å²) in [4.78, 5) is 17.2. The molecule has 2 aromatic heterocycles. The van der Waals surface area contributed by atoms with Crippen LogP contribution < -0.4 is 5.56 Å². The first kappa shape index (κ1) is 16.8. The molecule has 4 nitrogen and oxygen atoms in total.